The lowest BCUT2D eigenvalue weighted by molar-refractivity contribution is -0.134. The molecule has 0 aliphatic carbocycles. The molecule has 1 aromatic rings. The molecule has 5 heteroatoms. The van der Waals surface area contributed by atoms with E-state index in [0.717, 1.165) is 11.3 Å². The maximum atomic E-state index is 12.5. The summed E-state index contributed by atoms with van der Waals surface area (Å²) in [5, 5.41) is 2.75. The standard InChI is InChI=1S/C16H22N2O3/c1-10(2)14-15(19)17-11(3)16(20)18(14)13-7-5-6-12(8-13)9-21-4/h5-8,10-11,14H,9H2,1-4H3,(H,17,19). The predicted octanol–water partition coefficient (Wildman–Crippen LogP) is 1.71. The van der Waals surface area contributed by atoms with Crippen LogP contribution in [0.25, 0.3) is 0 Å². The topological polar surface area (TPSA) is 58.6 Å². The number of benzene rings is 1. The molecule has 1 heterocycles. The number of ether oxygens (including phenoxy) is 1. The average molecular weight is 290 g/mol. The second-order valence-corrected chi connectivity index (χ2v) is 5.73. The lowest BCUT2D eigenvalue weighted by atomic mass is 9.96. The van der Waals surface area contributed by atoms with E-state index in [0.29, 0.717) is 6.61 Å². The van der Waals surface area contributed by atoms with E-state index in [1.54, 1.807) is 18.9 Å². The van der Waals surface area contributed by atoms with Gasteiger partial charge in [0.05, 0.1) is 6.61 Å². The molecule has 0 aromatic heterocycles. The first kappa shape index (κ1) is 15.5. The molecule has 2 atom stereocenters. The van der Waals surface area contributed by atoms with Crippen molar-refractivity contribution in [3.8, 4) is 0 Å². The summed E-state index contributed by atoms with van der Waals surface area (Å²) in [7, 11) is 1.63. The van der Waals surface area contributed by atoms with Gasteiger partial charge in [-0.3, -0.25) is 14.5 Å². The summed E-state index contributed by atoms with van der Waals surface area (Å²) in [6, 6.07) is 6.60. The Morgan fingerprint density at radius 2 is 2.05 bits per heavy atom. The van der Waals surface area contributed by atoms with Gasteiger partial charge in [0.1, 0.15) is 12.1 Å². The first-order valence-corrected chi connectivity index (χ1v) is 7.17. The smallest absolute Gasteiger partial charge is 0.250 e. The minimum Gasteiger partial charge on any atom is -0.380 e. The van der Waals surface area contributed by atoms with Crippen LogP contribution in [-0.2, 0) is 20.9 Å². The molecule has 5 nitrogen and oxygen atoms in total. The number of hydrogen-bond donors (Lipinski definition) is 1. The zero-order chi connectivity index (χ0) is 15.6. The molecule has 0 saturated carbocycles. The molecule has 21 heavy (non-hydrogen) atoms. The van der Waals surface area contributed by atoms with E-state index < -0.39 is 12.1 Å². The van der Waals surface area contributed by atoms with Gasteiger partial charge in [0.15, 0.2) is 0 Å². The third-order valence-corrected chi connectivity index (χ3v) is 3.64. The summed E-state index contributed by atoms with van der Waals surface area (Å²) in [6.45, 7) is 6.08. The summed E-state index contributed by atoms with van der Waals surface area (Å²) in [5.74, 6) is -0.148. The normalized spacial score (nSPS) is 22.6. The number of methoxy groups -OCH3 is 1. The van der Waals surface area contributed by atoms with E-state index in [2.05, 4.69) is 5.32 Å². The van der Waals surface area contributed by atoms with Crippen molar-refractivity contribution in [2.75, 3.05) is 12.0 Å². The van der Waals surface area contributed by atoms with Crippen LogP contribution in [-0.4, -0.2) is 31.0 Å². The van der Waals surface area contributed by atoms with Gasteiger partial charge in [-0.15, -0.1) is 0 Å². The summed E-state index contributed by atoms with van der Waals surface area (Å²) in [4.78, 5) is 26.4. The molecule has 1 aromatic carbocycles. The maximum absolute atomic E-state index is 12.5. The van der Waals surface area contributed by atoms with Crippen LogP contribution in [0.3, 0.4) is 0 Å². The highest BCUT2D eigenvalue weighted by atomic mass is 16.5. The molecule has 1 fully saturated rings. The highest BCUT2D eigenvalue weighted by Gasteiger charge is 2.41. The Morgan fingerprint density at radius 1 is 1.33 bits per heavy atom. The number of carbonyl (C=O) groups is 2. The summed E-state index contributed by atoms with van der Waals surface area (Å²) < 4.78 is 5.13. The Hall–Kier alpha value is -1.88. The van der Waals surface area contributed by atoms with Gasteiger partial charge in [0.2, 0.25) is 11.8 Å². The van der Waals surface area contributed by atoms with Crippen molar-refractivity contribution in [2.24, 2.45) is 5.92 Å². The van der Waals surface area contributed by atoms with Gasteiger partial charge in [-0.1, -0.05) is 26.0 Å². The fourth-order valence-electron chi connectivity index (χ4n) is 2.67. The van der Waals surface area contributed by atoms with Crippen molar-refractivity contribution in [3.05, 3.63) is 29.8 Å². The van der Waals surface area contributed by atoms with Crippen LogP contribution < -0.4 is 10.2 Å². The summed E-state index contributed by atoms with van der Waals surface area (Å²) in [5.41, 5.74) is 1.72. The van der Waals surface area contributed by atoms with Gasteiger partial charge < -0.3 is 10.1 Å². The molecule has 0 radical (unpaired) electrons. The third kappa shape index (κ3) is 3.08. The Kier molecular flexibility index (Phi) is 4.63. The molecule has 2 amide bonds. The van der Waals surface area contributed by atoms with Gasteiger partial charge >= 0.3 is 0 Å². The number of carbonyl (C=O) groups excluding carboxylic acids is 2. The number of amides is 2. The largest absolute Gasteiger partial charge is 0.380 e. The molecule has 0 spiro atoms. The molecule has 2 rings (SSSR count). The summed E-state index contributed by atoms with van der Waals surface area (Å²) in [6.07, 6.45) is 0. The second kappa shape index (κ2) is 6.26. The van der Waals surface area contributed by atoms with E-state index in [9.17, 15) is 9.59 Å². The maximum Gasteiger partial charge on any atom is 0.250 e. The highest BCUT2D eigenvalue weighted by Crippen LogP contribution is 2.26. The quantitative estimate of drug-likeness (QED) is 0.918. The third-order valence-electron chi connectivity index (χ3n) is 3.64. The number of anilines is 1. The molecular formula is C16H22N2O3. The Bertz CT molecular complexity index is 542. The molecule has 1 N–H and O–H groups in total. The Balaban J connectivity index is 2.42. The van der Waals surface area contributed by atoms with Crippen LogP contribution in [0.2, 0.25) is 0 Å². The Labute approximate surface area is 125 Å². The predicted molar refractivity (Wildman–Crippen MR) is 80.9 cm³/mol. The Morgan fingerprint density at radius 3 is 2.67 bits per heavy atom. The fraction of sp³-hybridized carbons (Fsp3) is 0.500. The first-order chi connectivity index (χ1) is 9.95. The number of nitrogens with zero attached hydrogens (tertiary/aromatic N) is 1. The van der Waals surface area contributed by atoms with Crippen LogP contribution in [0, 0.1) is 5.92 Å². The van der Waals surface area contributed by atoms with Crippen LogP contribution in [0.4, 0.5) is 5.69 Å². The molecule has 2 unspecified atom stereocenters. The first-order valence-electron chi connectivity index (χ1n) is 7.17. The van der Waals surface area contributed by atoms with Gasteiger partial charge in [-0.25, -0.2) is 0 Å². The van der Waals surface area contributed by atoms with Crippen molar-refractivity contribution < 1.29 is 14.3 Å². The van der Waals surface area contributed by atoms with Gasteiger partial charge in [0, 0.05) is 12.8 Å². The molecule has 114 valence electrons. The van der Waals surface area contributed by atoms with E-state index in [-0.39, 0.29) is 17.7 Å². The van der Waals surface area contributed by atoms with Crippen LogP contribution >= 0.6 is 0 Å². The zero-order valence-electron chi connectivity index (χ0n) is 12.9. The van der Waals surface area contributed by atoms with Crippen molar-refractivity contribution >= 4 is 17.5 Å². The lowest BCUT2D eigenvalue weighted by Crippen LogP contribution is -2.64. The summed E-state index contributed by atoms with van der Waals surface area (Å²) >= 11 is 0. The fourth-order valence-corrected chi connectivity index (χ4v) is 2.67. The molecule has 1 saturated heterocycles. The van der Waals surface area contributed by atoms with E-state index >= 15 is 0 Å². The van der Waals surface area contributed by atoms with Gasteiger partial charge in [-0.2, -0.15) is 0 Å². The minimum atomic E-state index is -0.501. The minimum absolute atomic E-state index is 0.0348. The van der Waals surface area contributed by atoms with Crippen molar-refractivity contribution in [2.45, 2.75) is 39.5 Å². The van der Waals surface area contributed by atoms with Crippen LogP contribution in [0.1, 0.15) is 26.3 Å². The lowest BCUT2D eigenvalue weighted by Gasteiger charge is -2.40. The molecule has 0 bridgehead atoms. The van der Waals surface area contributed by atoms with Crippen LogP contribution in [0.15, 0.2) is 24.3 Å². The molecular weight excluding hydrogens is 268 g/mol. The number of hydrogen-bond acceptors (Lipinski definition) is 3. The molecule has 1 aliphatic rings. The zero-order valence-corrected chi connectivity index (χ0v) is 12.9. The average Bonchev–Trinajstić information content (AvgIpc) is 2.42. The highest BCUT2D eigenvalue weighted by molar-refractivity contribution is 6.08. The number of nitrogens with one attached hydrogen (secondary N) is 1. The van der Waals surface area contributed by atoms with E-state index in [1.807, 2.05) is 38.1 Å². The van der Waals surface area contributed by atoms with Crippen LogP contribution in [0.5, 0.6) is 0 Å². The second-order valence-electron chi connectivity index (χ2n) is 5.73. The van der Waals surface area contributed by atoms with Crippen molar-refractivity contribution in [3.63, 3.8) is 0 Å². The van der Waals surface area contributed by atoms with Gasteiger partial charge in [-0.05, 0) is 30.5 Å². The van der Waals surface area contributed by atoms with E-state index in [4.69, 9.17) is 4.74 Å². The monoisotopic (exact) mass is 290 g/mol. The van der Waals surface area contributed by atoms with Crippen molar-refractivity contribution in [1.82, 2.24) is 5.32 Å². The van der Waals surface area contributed by atoms with Gasteiger partial charge in [0.25, 0.3) is 0 Å². The number of piperazine rings is 1. The SMILES string of the molecule is COCc1cccc(N2C(=O)C(C)NC(=O)C2C(C)C)c1. The van der Waals surface area contributed by atoms with E-state index in [1.165, 1.54) is 0 Å². The number of rotatable bonds is 4. The molecule has 1 aliphatic heterocycles. The van der Waals surface area contributed by atoms with Crippen molar-refractivity contribution in [1.29, 1.82) is 0 Å².